The molecule has 0 bridgehead atoms. The topological polar surface area (TPSA) is 59.6 Å². The maximum atomic E-state index is 11.2. The molecule has 106 valence electrons. The SMILES string of the molecule is CNC(=O)CCOc1cc(OC)ccc1C(C)NC. The quantitative estimate of drug-likeness (QED) is 0.785. The molecule has 0 fully saturated rings. The summed E-state index contributed by atoms with van der Waals surface area (Å²) in [6.45, 7) is 2.39. The van der Waals surface area contributed by atoms with Crippen molar-refractivity contribution in [3.8, 4) is 11.5 Å². The van der Waals surface area contributed by atoms with Crippen LogP contribution >= 0.6 is 0 Å². The van der Waals surface area contributed by atoms with Gasteiger partial charge in [0, 0.05) is 24.7 Å². The van der Waals surface area contributed by atoms with E-state index in [1.165, 1.54) is 0 Å². The molecule has 0 saturated heterocycles. The number of hydrogen-bond donors (Lipinski definition) is 2. The van der Waals surface area contributed by atoms with Crippen molar-refractivity contribution in [3.63, 3.8) is 0 Å². The summed E-state index contributed by atoms with van der Waals surface area (Å²) in [5.41, 5.74) is 1.04. The third kappa shape index (κ3) is 4.44. The smallest absolute Gasteiger partial charge is 0.223 e. The molecule has 1 amide bonds. The molecule has 19 heavy (non-hydrogen) atoms. The molecule has 0 aliphatic carbocycles. The van der Waals surface area contributed by atoms with Crippen LogP contribution < -0.4 is 20.1 Å². The van der Waals surface area contributed by atoms with Crippen molar-refractivity contribution in [1.29, 1.82) is 0 Å². The van der Waals surface area contributed by atoms with Crippen LogP contribution in [-0.2, 0) is 4.79 Å². The van der Waals surface area contributed by atoms with E-state index in [-0.39, 0.29) is 11.9 Å². The highest BCUT2D eigenvalue weighted by molar-refractivity contribution is 5.75. The van der Waals surface area contributed by atoms with Gasteiger partial charge in [0.1, 0.15) is 11.5 Å². The molecule has 1 aromatic rings. The molecular weight excluding hydrogens is 244 g/mol. The minimum absolute atomic E-state index is 0.0360. The molecule has 0 aliphatic rings. The van der Waals surface area contributed by atoms with E-state index >= 15 is 0 Å². The van der Waals surface area contributed by atoms with Gasteiger partial charge in [-0.3, -0.25) is 4.79 Å². The van der Waals surface area contributed by atoms with Gasteiger partial charge in [0.25, 0.3) is 0 Å². The van der Waals surface area contributed by atoms with E-state index in [0.717, 1.165) is 17.1 Å². The summed E-state index contributed by atoms with van der Waals surface area (Å²) < 4.78 is 10.9. The van der Waals surface area contributed by atoms with E-state index in [1.807, 2.05) is 32.2 Å². The maximum Gasteiger partial charge on any atom is 0.223 e. The van der Waals surface area contributed by atoms with E-state index in [1.54, 1.807) is 14.2 Å². The third-order valence-corrected chi connectivity index (χ3v) is 2.99. The van der Waals surface area contributed by atoms with Crippen LogP contribution in [0.25, 0.3) is 0 Å². The first-order valence-corrected chi connectivity index (χ1v) is 6.31. The van der Waals surface area contributed by atoms with E-state index in [0.29, 0.717) is 13.0 Å². The predicted molar refractivity (Wildman–Crippen MR) is 74.6 cm³/mol. The molecule has 0 spiro atoms. The molecule has 5 nitrogen and oxygen atoms in total. The van der Waals surface area contributed by atoms with Gasteiger partial charge in [0.2, 0.25) is 5.91 Å². The number of benzene rings is 1. The highest BCUT2D eigenvalue weighted by Gasteiger charge is 2.12. The van der Waals surface area contributed by atoms with Gasteiger partial charge >= 0.3 is 0 Å². The number of carbonyl (C=O) groups excluding carboxylic acids is 1. The van der Waals surface area contributed by atoms with E-state index < -0.39 is 0 Å². The molecule has 0 heterocycles. The molecule has 0 saturated carbocycles. The Morgan fingerprint density at radius 3 is 2.68 bits per heavy atom. The zero-order chi connectivity index (χ0) is 14.3. The number of carbonyl (C=O) groups is 1. The van der Waals surface area contributed by atoms with Crippen molar-refractivity contribution < 1.29 is 14.3 Å². The van der Waals surface area contributed by atoms with Crippen LogP contribution in [0.15, 0.2) is 18.2 Å². The van der Waals surface area contributed by atoms with Gasteiger partial charge in [-0.2, -0.15) is 0 Å². The van der Waals surface area contributed by atoms with E-state index in [9.17, 15) is 4.79 Å². The monoisotopic (exact) mass is 266 g/mol. The van der Waals surface area contributed by atoms with Crippen molar-refractivity contribution in [2.45, 2.75) is 19.4 Å². The molecule has 0 radical (unpaired) electrons. The Morgan fingerprint density at radius 1 is 1.37 bits per heavy atom. The third-order valence-electron chi connectivity index (χ3n) is 2.99. The summed E-state index contributed by atoms with van der Waals surface area (Å²) in [4.78, 5) is 11.2. The van der Waals surface area contributed by atoms with Crippen molar-refractivity contribution in [2.24, 2.45) is 0 Å². The lowest BCUT2D eigenvalue weighted by molar-refractivity contribution is -0.121. The Morgan fingerprint density at radius 2 is 2.11 bits per heavy atom. The van der Waals surface area contributed by atoms with Crippen LogP contribution in [0.5, 0.6) is 11.5 Å². The van der Waals surface area contributed by atoms with Crippen LogP contribution in [0.3, 0.4) is 0 Å². The second-order valence-electron chi connectivity index (χ2n) is 4.19. The molecule has 0 aliphatic heterocycles. The average molecular weight is 266 g/mol. The minimum Gasteiger partial charge on any atom is -0.497 e. The summed E-state index contributed by atoms with van der Waals surface area (Å²) in [6.07, 6.45) is 0.334. The fourth-order valence-corrected chi connectivity index (χ4v) is 1.66. The van der Waals surface area contributed by atoms with Gasteiger partial charge < -0.3 is 20.1 Å². The summed E-state index contributed by atoms with van der Waals surface area (Å²) >= 11 is 0. The van der Waals surface area contributed by atoms with Crippen molar-refractivity contribution in [1.82, 2.24) is 10.6 Å². The van der Waals surface area contributed by atoms with Crippen LogP contribution in [0.4, 0.5) is 0 Å². The number of nitrogens with one attached hydrogen (secondary N) is 2. The molecule has 2 N–H and O–H groups in total. The van der Waals surface area contributed by atoms with Crippen LogP contribution in [0.2, 0.25) is 0 Å². The number of ether oxygens (including phenoxy) is 2. The summed E-state index contributed by atoms with van der Waals surface area (Å²) in [5.74, 6) is 1.44. The molecule has 0 aromatic heterocycles. The molecule has 1 atom stereocenters. The average Bonchev–Trinajstić information content (AvgIpc) is 2.45. The second kappa shape index (κ2) is 7.63. The zero-order valence-corrected chi connectivity index (χ0v) is 11.9. The fraction of sp³-hybridized carbons (Fsp3) is 0.500. The van der Waals surface area contributed by atoms with Gasteiger partial charge in [-0.25, -0.2) is 0 Å². The van der Waals surface area contributed by atoms with Crippen molar-refractivity contribution in [3.05, 3.63) is 23.8 Å². The van der Waals surface area contributed by atoms with Gasteiger partial charge in [0.05, 0.1) is 20.1 Å². The van der Waals surface area contributed by atoms with Crippen molar-refractivity contribution in [2.75, 3.05) is 27.8 Å². The molecule has 1 unspecified atom stereocenters. The normalized spacial score (nSPS) is 11.8. The summed E-state index contributed by atoms with van der Waals surface area (Å²) in [7, 11) is 5.12. The number of methoxy groups -OCH3 is 1. The maximum absolute atomic E-state index is 11.2. The second-order valence-corrected chi connectivity index (χ2v) is 4.19. The fourth-order valence-electron chi connectivity index (χ4n) is 1.66. The predicted octanol–water partition coefficient (Wildman–Crippen LogP) is 1.49. The van der Waals surface area contributed by atoms with Gasteiger partial charge in [0.15, 0.2) is 0 Å². The Kier molecular flexibility index (Phi) is 6.15. The van der Waals surface area contributed by atoms with E-state index in [4.69, 9.17) is 9.47 Å². The Balaban J connectivity index is 2.79. The first kappa shape index (κ1) is 15.3. The zero-order valence-electron chi connectivity index (χ0n) is 11.9. The Labute approximate surface area is 114 Å². The van der Waals surface area contributed by atoms with Gasteiger partial charge in [-0.05, 0) is 20.0 Å². The van der Waals surface area contributed by atoms with E-state index in [2.05, 4.69) is 10.6 Å². The molecule has 1 rings (SSSR count). The highest BCUT2D eigenvalue weighted by Crippen LogP contribution is 2.29. The first-order valence-electron chi connectivity index (χ1n) is 6.31. The summed E-state index contributed by atoms with van der Waals surface area (Å²) in [5, 5.41) is 5.74. The van der Waals surface area contributed by atoms with Crippen LogP contribution in [-0.4, -0.2) is 33.7 Å². The largest absolute Gasteiger partial charge is 0.497 e. The van der Waals surface area contributed by atoms with Gasteiger partial charge in [-0.15, -0.1) is 0 Å². The van der Waals surface area contributed by atoms with Crippen LogP contribution in [0, 0.1) is 0 Å². The Hall–Kier alpha value is -1.75. The number of rotatable bonds is 7. The lowest BCUT2D eigenvalue weighted by Gasteiger charge is -2.17. The molecule has 1 aromatic carbocycles. The number of amides is 1. The first-order chi connectivity index (χ1) is 9.12. The number of hydrogen-bond acceptors (Lipinski definition) is 4. The van der Waals surface area contributed by atoms with Crippen LogP contribution in [0.1, 0.15) is 24.9 Å². The lowest BCUT2D eigenvalue weighted by Crippen LogP contribution is -2.20. The summed E-state index contributed by atoms with van der Waals surface area (Å²) in [6, 6.07) is 5.87. The molecular formula is C14H22N2O3. The highest BCUT2D eigenvalue weighted by atomic mass is 16.5. The Bertz CT molecular complexity index is 421. The van der Waals surface area contributed by atoms with Crippen molar-refractivity contribution >= 4 is 5.91 Å². The standard InChI is InChI=1S/C14H22N2O3/c1-10(15-2)12-6-5-11(18-4)9-13(12)19-8-7-14(17)16-3/h5-6,9-10,15H,7-8H2,1-4H3,(H,16,17). The lowest BCUT2D eigenvalue weighted by atomic mass is 10.1. The minimum atomic E-state index is -0.0360. The van der Waals surface area contributed by atoms with Gasteiger partial charge in [-0.1, -0.05) is 6.07 Å². The molecule has 5 heteroatoms.